The normalized spacial score (nSPS) is 22.9. The minimum atomic E-state index is 0.671. The summed E-state index contributed by atoms with van der Waals surface area (Å²) >= 11 is 0. The number of likely N-dealkylation sites (N-methyl/N-ethyl adjacent to an activating group) is 1. The number of aromatic nitrogens is 1. The van der Waals surface area contributed by atoms with Gasteiger partial charge in [0.05, 0.1) is 5.69 Å². The average molecular weight is 208 g/mol. The maximum atomic E-state index is 3.43. The van der Waals surface area contributed by atoms with Crippen LogP contribution in [0.4, 0.5) is 5.69 Å². The standard InChI is InChI=1S/C11H20N4/c1-15-7-6-13-9-11(15)3-5-14-10-2-4-12-8-10/h2,4,8,11-14H,3,5-7,9H2,1H3. The molecule has 84 valence electrons. The number of H-pyrrole nitrogens is 1. The van der Waals surface area contributed by atoms with Crippen LogP contribution in [0.2, 0.25) is 0 Å². The molecule has 15 heavy (non-hydrogen) atoms. The van der Waals surface area contributed by atoms with Crippen molar-refractivity contribution >= 4 is 5.69 Å². The number of nitrogens with zero attached hydrogens (tertiary/aromatic N) is 1. The molecule has 1 atom stereocenters. The first-order valence-corrected chi connectivity index (χ1v) is 5.64. The van der Waals surface area contributed by atoms with Gasteiger partial charge in [0, 0.05) is 44.6 Å². The lowest BCUT2D eigenvalue weighted by Crippen LogP contribution is -2.49. The van der Waals surface area contributed by atoms with Gasteiger partial charge in [-0.05, 0) is 19.5 Å². The summed E-state index contributed by atoms with van der Waals surface area (Å²) in [5, 5.41) is 6.84. The van der Waals surface area contributed by atoms with E-state index >= 15 is 0 Å². The molecule has 0 amide bonds. The van der Waals surface area contributed by atoms with Gasteiger partial charge in [0.2, 0.25) is 0 Å². The molecule has 0 spiro atoms. The fourth-order valence-corrected chi connectivity index (χ4v) is 2.00. The summed E-state index contributed by atoms with van der Waals surface area (Å²) in [6.07, 6.45) is 5.12. The Morgan fingerprint density at radius 2 is 2.53 bits per heavy atom. The largest absolute Gasteiger partial charge is 0.384 e. The molecule has 1 fully saturated rings. The molecular weight excluding hydrogens is 188 g/mol. The lowest BCUT2D eigenvalue weighted by atomic mass is 10.1. The molecule has 0 aliphatic carbocycles. The van der Waals surface area contributed by atoms with Crippen LogP contribution in [0.15, 0.2) is 18.5 Å². The molecule has 1 aromatic rings. The highest BCUT2D eigenvalue weighted by Gasteiger charge is 2.17. The quantitative estimate of drug-likeness (QED) is 0.683. The second-order valence-electron chi connectivity index (χ2n) is 4.15. The fourth-order valence-electron chi connectivity index (χ4n) is 2.00. The van der Waals surface area contributed by atoms with Crippen LogP contribution in [0, 0.1) is 0 Å². The summed E-state index contributed by atoms with van der Waals surface area (Å²) in [5.41, 5.74) is 1.18. The van der Waals surface area contributed by atoms with E-state index in [1.165, 1.54) is 12.1 Å². The Hall–Kier alpha value is -1.00. The Labute approximate surface area is 91.0 Å². The zero-order valence-corrected chi connectivity index (χ0v) is 9.29. The van der Waals surface area contributed by atoms with Crippen molar-refractivity contribution in [2.24, 2.45) is 0 Å². The van der Waals surface area contributed by atoms with Gasteiger partial charge in [-0.15, -0.1) is 0 Å². The van der Waals surface area contributed by atoms with E-state index in [2.05, 4.69) is 33.6 Å². The third-order valence-electron chi connectivity index (χ3n) is 3.05. The first-order valence-electron chi connectivity index (χ1n) is 5.64. The van der Waals surface area contributed by atoms with Crippen LogP contribution < -0.4 is 10.6 Å². The topological polar surface area (TPSA) is 43.1 Å². The summed E-state index contributed by atoms with van der Waals surface area (Å²) in [7, 11) is 2.21. The summed E-state index contributed by atoms with van der Waals surface area (Å²) in [6.45, 7) is 4.44. The molecule has 2 rings (SSSR count). The van der Waals surface area contributed by atoms with Gasteiger partial charge in [0.15, 0.2) is 0 Å². The number of hydrogen-bond acceptors (Lipinski definition) is 3. The van der Waals surface area contributed by atoms with Crippen molar-refractivity contribution in [2.75, 3.05) is 38.5 Å². The molecule has 3 N–H and O–H groups in total. The smallest absolute Gasteiger partial charge is 0.0517 e. The Balaban J connectivity index is 1.68. The highest BCUT2D eigenvalue weighted by molar-refractivity contribution is 5.39. The highest BCUT2D eigenvalue weighted by Crippen LogP contribution is 2.07. The predicted molar refractivity (Wildman–Crippen MR) is 63.2 cm³/mol. The fraction of sp³-hybridized carbons (Fsp3) is 0.636. The molecule has 0 radical (unpaired) electrons. The van der Waals surface area contributed by atoms with E-state index in [0.29, 0.717) is 6.04 Å². The predicted octanol–water partition coefficient (Wildman–Crippen LogP) is 0.720. The minimum Gasteiger partial charge on any atom is -0.384 e. The molecule has 0 saturated carbocycles. The van der Waals surface area contributed by atoms with Gasteiger partial charge < -0.3 is 20.5 Å². The van der Waals surface area contributed by atoms with E-state index in [0.717, 1.165) is 26.2 Å². The number of rotatable bonds is 4. The van der Waals surface area contributed by atoms with E-state index in [1.54, 1.807) is 0 Å². The van der Waals surface area contributed by atoms with Crippen molar-refractivity contribution in [3.8, 4) is 0 Å². The SMILES string of the molecule is CN1CCNCC1CCNc1cc[nH]c1. The van der Waals surface area contributed by atoms with Gasteiger partial charge in [0.25, 0.3) is 0 Å². The third kappa shape index (κ3) is 2.97. The van der Waals surface area contributed by atoms with Crippen LogP contribution in [-0.2, 0) is 0 Å². The minimum absolute atomic E-state index is 0.671. The molecule has 0 bridgehead atoms. The third-order valence-corrected chi connectivity index (χ3v) is 3.05. The van der Waals surface area contributed by atoms with Crippen LogP contribution in [0.3, 0.4) is 0 Å². The Bertz CT molecular complexity index is 270. The van der Waals surface area contributed by atoms with Crippen molar-refractivity contribution < 1.29 is 0 Å². The molecule has 4 nitrogen and oxygen atoms in total. The Morgan fingerprint density at radius 3 is 3.27 bits per heavy atom. The van der Waals surface area contributed by atoms with E-state index < -0.39 is 0 Å². The molecule has 1 aliphatic heterocycles. The zero-order valence-electron chi connectivity index (χ0n) is 9.29. The molecular formula is C11H20N4. The van der Waals surface area contributed by atoms with Crippen molar-refractivity contribution in [1.29, 1.82) is 0 Å². The average Bonchev–Trinajstić information content (AvgIpc) is 2.74. The van der Waals surface area contributed by atoms with Crippen molar-refractivity contribution in [2.45, 2.75) is 12.5 Å². The van der Waals surface area contributed by atoms with Gasteiger partial charge >= 0.3 is 0 Å². The molecule has 1 unspecified atom stereocenters. The second kappa shape index (κ2) is 5.19. The molecule has 2 heterocycles. The summed E-state index contributed by atoms with van der Waals surface area (Å²) in [4.78, 5) is 5.48. The van der Waals surface area contributed by atoms with Gasteiger partial charge in [-0.25, -0.2) is 0 Å². The first-order chi connectivity index (χ1) is 7.36. The monoisotopic (exact) mass is 208 g/mol. The van der Waals surface area contributed by atoms with Crippen LogP contribution in [0.25, 0.3) is 0 Å². The van der Waals surface area contributed by atoms with Gasteiger partial charge in [-0.3, -0.25) is 0 Å². The van der Waals surface area contributed by atoms with Crippen molar-refractivity contribution in [1.82, 2.24) is 15.2 Å². The molecule has 1 saturated heterocycles. The second-order valence-corrected chi connectivity index (χ2v) is 4.15. The first kappa shape index (κ1) is 10.5. The van der Waals surface area contributed by atoms with E-state index in [-0.39, 0.29) is 0 Å². The summed E-state index contributed by atoms with van der Waals surface area (Å²) in [6, 6.07) is 2.73. The summed E-state index contributed by atoms with van der Waals surface area (Å²) in [5.74, 6) is 0. The Kier molecular flexibility index (Phi) is 3.64. The highest BCUT2D eigenvalue weighted by atomic mass is 15.2. The van der Waals surface area contributed by atoms with E-state index in [4.69, 9.17) is 0 Å². The van der Waals surface area contributed by atoms with E-state index in [1.807, 2.05) is 12.4 Å². The van der Waals surface area contributed by atoms with Crippen molar-refractivity contribution in [3.63, 3.8) is 0 Å². The number of nitrogens with one attached hydrogen (secondary N) is 3. The van der Waals surface area contributed by atoms with E-state index in [9.17, 15) is 0 Å². The molecule has 1 aromatic heterocycles. The van der Waals surface area contributed by atoms with Crippen molar-refractivity contribution in [3.05, 3.63) is 18.5 Å². The molecule has 1 aliphatic rings. The zero-order chi connectivity index (χ0) is 10.5. The number of aromatic amines is 1. The lowest BCUT2D eigenvalue weighted by Gasteiger charge is -2.33. The molecule has 0 aromatic carbocycles. The maximum Gasteiger partial charge on any atom is 0.0517 e. The van der Waals surface area contributed by atoms with Crippen LogP contribution >= 0.6 is 0 Å². The molecule has 4 heteroatoms. The van der Waals surface area contributed by atoms with Crippen LogP contribution in [0.1, 0.15) is 6.42 Å². The summed E-state index contributed by atoms with van der Waals surface area (Å²) < 4.78 is 0. The number of hydrogen-bond donors (Lipinski definition) is 3. The van der Waals surface area contributed by atoms with Gasteiger partial charge in [0.1, 0.15) is 0 Å². The number of piperazine rings is 1. The Morgan fingerprint density at radius 1 is 1.60 bits per heavy atom. The van der Waals surface area contributed by atoms with Gasteiger partial charge in [-0.1, -0.05) is 0 Å². The van der Waals surface area contributed by atoms with Gasteiger partial charge in [-0.2, -0.15) is 0 Å². The maximum absolute atomic E-state index is 3.43. The van der Waals surface area contributed by atoms with Crippen LogP contribution in [-0.4, -0.2) is 49.2 Å². The lowest BCUT2D eigenvalue weighted by molar-refractivity contribution is 0.194. The number of anilines is 1. The van der Waals surface area contributed by atoms with Crippen LogP contribution in [0.5, 0.6) is 0 Å².